The summed E-state index contributed by atoms with van der Waals surface area (Å²) in [4.78, 5) is 8.17. The number of hydrogen-bond donors (Lipinski definition) is 5. The molecule has 2 heterocycles. The van der Waals surface area contributed by atoms with Gasteiger partial charge in [-0.1, -0.05) is 0 Å². The smallest absolute Gasteiger partial charge is 0.248 e. The Hall–Kier alpha value is -3.49. The monoisotopic (exact) mass is 299 g/mol. The van der Waals surface area contributed by atoms with Crippen molar-refractivity contribution in [1.82, 2.24) is 19.7 Å². The number of hydrogen-bond acceptors (Lipinski definition) is 8. The molecule has 0 bridgehead atoms. The maximum atomic E-state index is 9.46. The number of aromatic hydroxyl groups is 2. The van der Waals surface area contributed by atoms with Crippen LogP contribution in [0.15, 0.2) is 36.5 Å². The van der Waals surface area contributed by atoms with Crippen LogP contribution in [-0.4, -0.2) is 30.0 Å². The highest BCUT2D eigenvalue weighted by molar-refractivity contribution is 5.59. The van der Waals surface area contributed by atoms with E-state index in [1.54, 1.807) is 18.2 Å². The second-order valence-electron chi connectivity index (χ2n) is 4.48. The molecule has 0 aliphatic rings. The molecule has 22 heavy (non-hydrogen) atoms. The van der Waals surface area contributed by atoms with Gasteiger partial charge < -0.3 is 27.0 Å². The van der Waals surface area contributed by atoms with E-state index in [-0.39, 0.29) is 23.4 Å². The first-order valence-corrected chi connectivity index (χ1v) is 6.26. The minimum absolute atomic E-state index is 0.141. The van der Waals surface area contributed by atoms with E-state index >= 15 is 0 Å². The summed E-state index contributed by atoms with van der Waals surface area (Å²) >= 11 is 0. The number of pyridine rings is 1. The molecule has 0 atom stereocenters. The molecular formula is C13H13N7O2. The van der Waals surface area contributed by atoms with E-state index in [0.29, 0.717) is 17.2 Å². The predicted molar refractivity (Wildman–Crippen MR) is 81.0 cm³/mol. The number of phenolic OH excluding ortho intramolecular Hbond substituents is 2. The molecule has 0 unspecified atom stereocenters. The Kier molecular flexibility index (Phi) is 3.14. The van der Waals surface area contributed by atoms with Crippen LogP contribution in [0.4, 0.5) is 23.3 Å². The number of nitrogens with zero attached hydrogens (tertiary/aromatic N) is 4. The van der Waals surface area contributed by atoms with E-state index in [1.165, 1.54) is 23.0 Å². The molecule has 7 N–H and O–H groups in total. The predicted octanol–water partition coefficient (Wildman–Crippen LogP) is 0.981. The Morgan fingerprint density at radius 1 is 1.05 bits per heavy atom. The van der Waals surface area contributed by atoms with Crippen LogP contribution >= 0.6 is 0 Å². The summed E-state index contributed by atoms with van der Waals surface area (Å²) in [5.74, 6) is 0.372. The van der Waals surface area contributed by atoms with Gasteiger partial charge >= 0.3 is 0 Å². The zero-order valence-corrected chi connectivity index (χ0v) is 11.3. The molecule has 2 aromatic heterocycles. The van der Waals surface area contributed by atoms with Crippen molar-refractivity contribution in [3.63, 3.8) is 0 Å². The van der Waals surface area contributed by atoms with Crippen LogP contribution < -0.4 is 16.8 Å². The highest BCUT2D eigenvalue weighted by Crippen LogP contribution is 2.28. The first kappa shape index (κ1) is 13.5. The summed E-state index contributed by atoms with van der Waals surface area (Å²) in [5.41, 5.74) is 12.4. The Bertz CT molecular complexity index is 814. The molecular weight excluding hydrogens is 286 g/mol. The van der Waals surface area contributed by atoms with Gasteiger partial charge in [-0.25, -0.2) is 4.98 Å². The number of anilines is 4. The lowest BCUT2D eigenvalue weighted by atomic mass is 10.3. The zero-order valence-electron chi connectivity index (χ0n) is 11.3. The fourth-order valence-electron chi connectivity index (χ4n) is 1.80. The summed E-state index contributed by atoms with van der Waals surface area (Å²) in [7, 11) is 0. The van der Waals surface area contributed by atoms with E-state index in [1.807, 2.05) is 0 Å². The van der Waals surface area contributed by atoms with Crippen molar-refractivity contribution in [3.05, 3.63) is 36.5 Å². The number of nitrogens with one attached hydrogen (secondary N) is 1. The summed E-state index contributed by atoms with van der Waals surface area (Å²) in [6, 6.07) is 7.59. The average molecular weight is 299 g/mol. The lowest BCUT2D eigenvalue weighted by Crippen LogP contribution is -2.04. The molecule has 0 aliphatic carbocycles. The Labute approximate surface area is 124 Å². The fourth-order valence-corrected chi connectivity index (χ4v) is 1.80. The van der Waals surface area contributed by atoms with Gasteiger partial charge in [0.05, 0.1) is 11.9 Å². The molecule has 0 saturated heterocycles. The second-order valence-corrected chi connectivity index (χ2v) is 4.48. The molecule has 3 aromatic rings. The normalized spacial score (nSPS) is 10.5. The summed E-state index contributed by atoms with van der Waals surface area (Å²) in [5, 5.41) is 25.8. The topological polar surface area (TPSA) is 148 Å². The third kappa shape index (κ3) is 2.54. The molecule has 3 rings (SSSR count). The summed E-state index contributed by atoms with van der Waals surface area (Å²) in [6.45, 7) is 0. The molecule has 0 fully saturated rings. The third-order valence-electron chi connectivity index (χ3n) is 2.85. The van der Waals surface area contributed by atoms with Crippen molar-refractivity contribution in [2.24, 2.45) is 0 Å². The SMILES string of the molecule is Nc1ccc(-n2nc(Nc3ccc(O)c(O)c3)nc2N)nc1. The fraction of sp³-hybridized carbons (Fsp3) is 0. The van der Waals surface area contributed by atoms with E-state index in [0.717, 1.165) is 0 Å². The first-order valence-electron chi connectivity index (χ1n) is 6.26. The van der Waals surface area contributed by atoms with Gasteiger partial charge in [-0.15, -0.1) is 5.10 Å². The van der Waals surface area contributed by atoms with Gasteiger partial charge in [0.1, 0.15) is 0 Å². The lowest BCUT2D eigenvalue weighted by Gasteiger charge is -2.03. The number of nitrogen functional groups attached to an aromatic ring is 2. The molecule has 0 amide bonds. The van der Waals surface area contributed by atoms with Gasteiger partial charge in [0.15, 0.2) is 17.3 Å². The van der Waals surface area contributed by atoms with E-state index in [2.05, 4.69) is 20.4 Å². The molecule has 9 nitrogen and oxygen atoms in total. The van der Waals surface area contributed by atoms with Crippen molar-refractivity contribution < 1.29 is 10.2 Å². The molecule has 0 saturated carbocycles. The van der Waals surface area contributed by atoms with Gasteiger partial charge in [-0.2, -0.15) is 9.67 Å². The molecule has 0 aliphatic heterocycles. The quantitative estimate of drug-likeness (QED) is 0.355. The van der Waals surface area contributed by atoms with Gasteiger partial charge in [0.2, 0.25) is 11.9 Å². The number of benzene rings is 1. The largest absolute Gasteiger partial charge is 0.504 e. The standard InChI is InChI=1S/C13H13N7O2/c14-7-1-4-11(16-6-7)20-12(15)18-13(19-20)17-8-2-3-9(21)10(22)5-8/h1-6,21-22H,14H2,(H3,15,17,18,19). The second kappa shape index (κ2) is 5.13. The number of aromatic nitrogens is 4. The van der Waals surface area contributed by atoms with Gasteiger partial charge in [-0.05, 0) is 24.3 Å². The third-order valence-corrected chi connectivity index (χ3v) is 2.85. The van der Waals surface area contributed by atoms with Gasteiger partial charge in [-0.3, -0.25) is 0 Å². The van der Waals surface area contributed by atoms with Crippen LogP contribution in [0.2, 0.25) is 0 Å². The zero-order chi connectivity index (χ0) is 15.7. The lowest BCUT2D eigenvalue weighted by molar-refractivity contribution is 0.404. The molecule has 112 valence electrons. The molecule has 0 radical (unpaired) electrons. The molecule has 0 spiro atoms. The van der Waals surface area contributed by atoms with E-state index in [9.17, 15) is 10.2 Å². The van der Waals surface area contributed by atoms with Crippen LogP contribution in [0.5, 0.6) is 11.5 Å². The van der Waals surface area contributed by atoms with Crippen LogP contribution in [0.25, 0.3) is 5.82 Å². The van der Waals surface area contributed by atoms with Crippen molar-refractivity contribution in [2.45, 2.75) is 0 Å². The highest BCUT2D eigenvalue weighted by Gasteiger charge is 2.10. The van der Waals surface area contributed by atoms with Crippen LogP contribution in [-0.2, 0) is 0 Å². The average Bonchev–Trinajstić information content (AvgIpc) is 2.84. The molecule has 9 heteroatoms. The Morgan fingerprint density at radius 3 is 2.55 bits per heavy atom. The highest BCUT2D eigenvalue weighted by atomic mass is 16.3. The van der Waals surface area contributed by atoms with Crippen molar-refractivity contribution in [3.8, 4) is 17.3 Å². The first-order chi connectivity index (χ1) is 10.5. The van der Waals surface area contributed by atoms with Gasteiger partial charge in [0.25, 0.3) is 0 Å². The minimum atomic E-state index is -0.252. The Balaban J connectivity index is 1.88. The van der Waals surface area contributed by atoms with Crippen LogP contribution in [0.1, 0.15) is 0 Å². The van der Waals surface area contributed by atoms with Crippen molar-refractivity contribution in [2.75, 3.05) is 16.8 Å². The maximum absolute atomic E-state index is 9.46. The molecule has 1 aromatic carbocycles. The van der Waals surface area contributed by atoms with Gasteiger partial charge in [0, 0.05) is 11.8 Å². The summed E-state index contributed by atoms with van der Waals surface area (Å²) in [6.07, 6.45) is 1.49. The van der Waals surface area contributed by atoms with Crippen LogP contribution in [0, 0.1) is 0 Å². The maximum Gasteiger partial charge on any atom is 0.248 e. The van der Waals surface area contributed by atoms with E-state index in [4.69, 9.17) is 11.5 Å². The van der Waals surface area contributed by atoms with Crippen molar-refractivity contribution in [1.29, 1.82) is 0 Å². The van der Waals surface area contributed by atoms with Crippen LogP contribution in [0.3, 0.4) is 0 Å². The number of rotatable bonds is 3. The van der Waals surface area contributed by atoms with Crippen molar-refractivity contribution >= 4 is 23.3 Å². The number of phenols is 2. The Morgan fingerprint density at radius 2 is 1.86 bits per heavy atom. The number of nitrogens with two attached hydrogens (primary N) is 2. The van der Waals surface area contributed by atoms with E-state index < -0.39 is 0 Å². The minimum Gasteiger partial charge on any atom is -0.504 e. The summed E-state index contributed by atoms with van der Waals surface area (Å²) < 4.78 is 1.35.